The number of halogens is 2. The smallest absolute Gasteiger partial charge is 1.00 e. The van der Waals surface area contributed by atoms with Crippen molar-refractivity contribution in [2.45, 2.75) is 66.5 Å². The van der Waals surface area contributed by atoms with Crippen molar-refractivity contribution in [3.05, 3.63) is 81.8 Å². The predicted octanol–water partition coefficient (Wildman–Crippen LogP) is -0.0606. The normalized spacial score (nSPS) is 20.5. The van der Waals surface area contributed by atoms with E-state index in [9.17, 15) is 0 Å². The Hall–Kier alpha value is -0.400. The maximum atomic E-state index is 3.94. The van der Waals surface area contributed by atoms with Crippen LogP contribution in [0.15, 0.2) is 59.7 Å². The van der Waals surface area contributed by atoms with E-state index in [2.05, 4.69) is 115 Å². The van der Waals surface area contributed by atoms with Gasteiger partial charge in [-0.05, 0) is 28.2 Å². The molecular formula is C28H35Cl2SiZr-. The maximum absolute atomic E-state index is 3.94. The van der Waals surface area contributed by atoms with Crippen LogP contribution in [0, 0.1) is 16.9 Å². The van der Waals surface area contributed by atoms with E-state index in [0.717, 1.165) is 6.42 Å². The van der Waals surface area contributed by atoms with Gasteiger partial charge in [0.15, 0.2) is 0 Å². The van der Waals surface area contributed by atoms with Gasteiger partial charge in [0, 0.05) is 0 Å². The molecule has 0 saturated heterocycles. The second kappa shape index (κ2) is 10.9. The predicted molar refractivity (Wildman–Crippen MR) is 129 cm³/mol. The van der Waals surface area contributed by atoms with E-state index in [0.29, 0.717) is 0 Å². The van der Waals surface area contributed by atoms with Gasteiger partial charge in [0.25, 0.3) is 0 Å². The average Bonchev–Trinajstić information content (AvgIpc) is 3.26. The fourth-order valence-corrected chi connectivity index (χ4v) is 4.36. The Morgan fingerprint density at radius 1 is 1.03 bits per heavy atom. The Labute approximate surface area is 222 Å². The number of hydrogen-bond donors (Lipinski definition) is 0. The fraction of sp³-hybridized carbons (Fsp3) is 0.429. The first-order valence-electron chi connectivity index (χ1n) is 10.9. The van der Waals surface area contributed by atoms with Gasteiger partial charge in [-0.15, -0.1) is 11.6 Å². The first-order chi connectivity index (χ1) is 13.8. The Balaban J connectivity index is 0.000000790. The summed E-state index contributed by atoms with van der Waals surface area (Å²) in [5.74, 6) is 0. The summed E-state index contributed by atoms with van der Waals surface area (Å²) in [6.45, 7) is 18.4. The van der Waals surface area contributed by atoms with Crippen LogP contribution in [0.5, 0.6) is 0 Å². The molecule has 4 heteroatoms. The summed E-state index contributed by atoms with van der Waals surface area (Å²) in [5, 5.41) is 2.68. The topological polar surface area (TPSA) is 0 Å². The number of fused-ring (bicyclic) bond motifs is 2. The van der Waals surface area contributed by atoms with Crippen LogP contribution in [-0.2, 0) is 28.8 Å². The molecule has 32 heavy (non-hydrogen) atoms. The fourth-order valence-electron chi connectivity index (χ4n) is 4.36. The number of hydrogen-bond acceptors (Lipinski definition) is 0. The van der Waals surface area contributed by atoms with Crippen molar-refractivity contribution in [1.82, 2.24) is 0 Å². The molecule has 3 aliphatic carbocycles. The van der Waals surface area contributed by atoms with E-state index in [1.54, 1.807) is 23.3 Å². The zero-order valence-electron chi connectivity index (χ0n) is 20.7. The summed E-state index contributed by atoms with van der Waals surface area (Å²) < 4.78 is 0. The quantitative estimate of drug-likeness (QED) is 0.333. The SMILES string of the molecule is CC(C)(C)c1ccc2c(c1)=CC1=[C-]C(C3=CC=CC3)(C(C)(C)C)C=CC=21.C[Si](C)=[Zr+2].[Cl-].[Cl-]. The van der Waals surface area contributed by atoms with Gasteiger partial charge in [-0.3, -0.25) is 0 Å². The minimum atomic E-state index is -0.138. The van der Waals surface area contributed by atoms with E-state index in [-0.39, 0.29) is 46.5 Å². The average molecular weight is 562 g/mol. The molecule has 0 heterocycles. The minimum Gasteiger partial charge on any atom is -1.00 e. The van der Waals surface area contributed by atoms with Gasteiger partial charge in [-0.2, -0.15) is 17.7 Å². The summed E-state index contributed by atoms with van der Waals surface area (Å²) in [5.41, 5.74) is 5.75. The van der Waals surface area contributed by atoms with Crippen molar-refractivity contribution >= 4 is 17.1 Å². The minimum absolute atomic E-state index is 0. The van der Waals surface area contributed by atoms with Crippen LogP contribution >= 0.6 is 0 Å². The molecule has 1 atom stereocenters. The van der Waals surface area contributed by atoms with Gasteiger partial charge in [-0.1, -0.05) is 100 Å². The third kappa shape index (κ3) is 5.99. The van der Waals surface area contributed by atoms with Gasteiger partial charge < -0.3 is 24.8 Å². The molecule has 0 amide bonds. The van der Waals surface area contributed by atoms with Gasteiger partial charge >= 0.3 is 41.9 Å². The van der Waals surface area contributed by atoms with Gasteiger partial charge in [-0.25, -0.2) is 0 Å². The van der Waals surface area contributed by atoms with Gasteiger partial charge in [0.05, 0.1) is 0 Å². The molecule has 0 fully saturated rings. The van der Waals surface area contributed by atoms with Gasteiger partial charge in [0.1, 0.15) is 0 Å². The van der Waals surface area contributed by atoms with Crippen LogP contribution in [0.25, 0.3) is 11.6 Å². The number of rotatable bonds is 1. The Kier molecular flexibility index (Phi) is 10.1. The van der Waals surface area contributed by atoms with Crippen LogP contribution in [0.3, 0.4) is 0 Å². The first kappa shape index (κ1) is 29.6. The van der Waals surface area contributed by atoms with Crippen molar-refractivity contribution in [3.8, 4) is 0 Å². The second-order valence-electron chi connectivity index (χ2n) is 10.9. The van der Waals surface area contributed by atoms with E-state index in [1.807, 2.05) is 0 Å². The molecule has 1 aromatic carbocycles. The third-order valence-electron chi connectivity index (χ3n) is 6.09. The molecule has 1 unspecified atom stereocenters. The first-order valence-corrected chi connectivity index (χ1v) is 17.1. The zero-order valence-corrected chi connectivity index (χ0v) is 25.6. The van der Waals surface area contributed by atoms with E-state index >= 15 is 0 Å². The van der Waals surface area contributed by atoms with Crippen LogP contribution < -0.4 is 35.3 Å². The number of benzene rings is 1. The van der Waals surface area contributed by atoms with Crippen molar-refractivity contribution in [1.29, 1.82) is 0 Å². The van der Waals surface area contributed by atoms with Crippen molar-refractivity contribution in [3.63, 3.8) is 0 Å². The molecule has 0 nitrogen and oxygen atoms in total. The molecule has 4 rings (SSSR count). The molecule has 0 aliphatic heterocycles. The number of allylic oxidation sites excluding steroid dienone is 8. The van der Waals surface area contributed by atoms with Crippen LogP contribution in [0.1, 0.15) is 53.5 Å². The second-order valence-corrected chi connectivity index (χ2v) is 20.2. The van der Waals surface area contributed by atoms with E-state index in [1.165, 1.54) is 32.7 Å². The molecule has 0 aromatic heterocycles. The van der Waals surface area contributed by atoms with Crippen molar-refractivity contribution in [2.24, 2.45) is 10.8 Å². The van der Waals surface area contributed by atoms with Crippen LogP contribution in [0.2, 0.25) is 13.1 Å². The summed E-state index contributed by atoms with van der Waals surface area (Å²) in [7, 11) is 0. The Bertz CT molecular complexity index is 1120. The largest absolute Gasteiger partial charge is 1.00 e. The van der Waals surface area contributed by atoms with Gasteiger partial charge in [0.2, 0.25) is 0 Å². The van der Waals surface area contributed by atoms with Crippen molar-refractivity contribution in [2.75, 3.05) is 0 Å². The molecular weight excluding hydrogens is 527 g/mol. The molecule has 3 aliphatic rings. The Morgan fingerprint density at radius 3 is 2.16 bits per heavy atom. The van der Waals surface area contributed by atoms with Crippen molar-refractivity contribution < 1.29 is 48.1 Å². The summed E-state index contributed by atoms with van der Waals surface area (Å²) in [4.78, 5) is 0. The monoisotopic (exact) mass is 559 g/mol. The van der Waals surface area contributed by atoms with E-state index in [4.69, 9.17) is 0 Å². The summed E-state index contributed by atoms with van der Waals surface area (Å²) in [6, 6.07) is 6.94. The molecule has 0 bridgehead atoms. The Morgan fingerprint density at radius 2 is 1.66 bits per heavy atom. The molecule has 1 aromatic rings. The molecule has 0 spiro atoms. The standard InChI is InChI=1S/C26H29.C2H6Si.2ClH.Zr/c1-24(2,3)21-11-12-22-18(16-21)15-19-17-26(25(4,5)6,14-13-23(19)22)20-9-7-8-10-20;1-3-2;;;/h7-9,11-16H,10H2,1-6H3;1-2H3;2*1H;/q-1;;;;+2/p-2. The molecule has 0 N–H and O–H groups in total. The van der Waals surface area contributed by atoms with Crippen LogP contribution in [0.4, 0.5) is 0 Å². The zero-order chi connectivity index (χ0) is 22.3. The molecule has 170 valence electrons. The molecule has 0 saturated carbocycles. The molecule has 0 radical (unpaired) electrons. The van der Waals surface area contributed by atoms with E-state index < -0.39 is 0 Å². The third-order valence-corrected chi connectivity index (χ3v) is 6.09. The summed E-state index contributed by atoms with van der Waals surface area (Å²) >= 11 is 1.74. The van der Waals surface area contributed by atoms with Crippen LogP contribution in [-0.4, -0.2) is 5.43 Å². The summed E-state index contributed by atoms with van der Waals surface area (Å²) in [6.07, 6.45) is 18.8. The maximum Gasteiger partial charge on any atom is -1.00 e.